The summed E-state index contributed by atoms with van der Waals surface area (Å²) in [6, 6.07) is 6.80. The summed E-state index contributed by atoms with van der Waals surface area (Å²) >= 11 is 1.16. The molecule has 0 atom stereocenters. The molecule has 1 N–H and O–H groups in total. The third kappa shape index (κ3) is 4.53. The number of sulfonamides is 1. The Morgan fingerprint density at radius 1 is 1.34 bits per heavy atom. The Labute approximate surface area is 170 Å². The molecule has 1 aliphatic rings. The second-order valence-corrected chi connectivity index (χ2v) is 8.96. The Morgan fingerprint density at radius 2 is 2.07 bits per heavy atom. The third-order valence-electron chi connectivity index (χ3n) is 4.23. The van der Waals surface area contributed by atoms with Crippen LogP contribution in [0.4, 0.5) is 10.7 Å². The predicted octanol–water partition coefficient (Wildman–Crippen LogP) is 2.33. The predicted molar refractivity (Wildman–Crippen MR) is 104 cm³/mol. The average molecular weight is 436 g/mol. The molecule has 0 aliphatic carbocycles. The van der Waals surface area contributed by atoms with E-state index in [1.165, 1.54) is 16.4 Å². The summed E-state index contributed by atoms with van der Waals surface area (Å²) in [6.07, 6.45) is 1.49. The van der Waals surface area contributed by atoms with Crippen molar-refractivity contribution in [3.8, 4) is 11.8 Å². The summed E-state index contributed by atoms with van der Waals surface area (Å²) < 4.78 is 31.7. The Hall–Kier alpha value is -3.01. The van der Waals surface area contributed by atoms with Crippen molar-refractivity contribution in [1.82, 2.24) is 4.31 Å². The summed E-state index contributed by atoms with van der Waals surface area (Å²) in [6.45, 7) is 0.214. The van der Waals surface area contributed by atoms with Gasteiger partial charge in [-0.3, -0.25) is 14.9 Å². The molecule has 3 rings (SSSR count). The lowest BCUT2D eigenvalue weighted by atomic mass is 10.3. The van der Waals surface area contributed by atoms with E-state index in [2.05, 4.69) is 5.32 Å². The van der Waals surface area contributed by atoms with E-state index in [1.54, 1.807) is 11.4 Å². The first-order valence-corrected chi connectivity index (χ1v) is 10.8. The zero-order valence-electron chi connectivity index (χ0n) is 15.0. The lowest BCUT2D eigenvalue weighted by Crippen LogP contribution is -2.28. The van der Waals surface area contributed by atoms with E-state index in [-0.39, 0.29) is 10.6 Å². The summed E-state index contributed by atoms with van der Waals surface area (Å²) in [7, 11) is -3.82. The average Bonchev–Trinajstić information content (AvgIpc) is 3.38. The number of ether oxygens (including phenoxy) is 1. The Morgan fingerprint density at radius 3 is 2.72 bits per heavy atom. The highest BCUT2D eigenvalue weighted by atomic mass is 32.2. The van der Waals surface area contributed by atoms with E-state index >= 15 is 0 Å². The summed E-state index contributed by atoms with van der Waals surface area (Å²) in [5, 5.41) is 24.8. The SMILES string of the molecule is N#Cc1ccsc1NC(=O)COc1ccc(S(=O)(=O)N2CCCC2)cc1[N+](=O)[O-]. The van der Waals surface area contributed by atoms with Crippen LogP contribution in [0.25, 0.3) is 0 Å². The fourth-order valence-corrected chi connectivity index (χ4v) is 5.09. The highest BCUT2D eigenvalue weighted by Gasteiger charge is 2.30. The molecule has 0 unspecified atom stereocenters. The number of benzene rings is 1. The molecule has 1 aliphatic heterocycles. The molecule has 29 heavy (non-hydrogen) atoms. The maximum absolute atomic E-state index is 12.6. The first-order valence-electron chi connectivity index (χ1n) is 8.52. The van der Waals surface area contributed by atoms with Crippen molar-refractivity contribution < 1.29 is 22.9 Å². The highest BCUT2D eigenvalue weighted by Crippen LogP contribution is 2.32. The molecule has 2 heterocycles. The molecule has 152 valence electrons. The molecule has 12 heteroatoms. The molecule has 1 aromatic carbocycles. The van der Waals surface area contributed by atoms with Crippen LogP contribution in [0, 0.1) is 21.4 Å². The van der Waals surface area contributed by atoms with E-state index in [0.29, 0.717) is 23.7 Å². The van der Waals surface area contributed by atoms with Crippen molar-refractivity contribution in [3.63, 3.8) is 0 Å². The minimum Gasteiger partial charge on any atom is -0.477 e. The molecule has 1 aromatic heterocycles. The molecule has 0 bridgehead atoms. The van der Waals surface area contributed by atoms with E-state index in [9.17, 15) is 23.3 Å². The Bertz CT molecular complexity index is 1080. The number of hydrogen-bond acceptors (Lipinski definition) is 8. The van der Waals surface area contributed by atoms with Crippen molar-refractivity contribution in [2.45, 2.75) is 17.7 Å². The number of anilines is 1. The first kappa shape index (κ1) is 20.7. The second kappa shape index (κ2) is 8.56. The number of thiophene rings is 1. The van der Waals surface area contributed by atoms with Crippen molar-refractivity contribution in [2.24, 2.45) is 0 Å². The molecule has 1 amide bonds. The zero-order valence-corrected chi connectivity index (χ0v) is 16.7. The fourth-order valence-electron chi connectivity index (χ4n) is 2.80. The van der Waals surface area contributed by atoms with Gasteiger partial charge in [0.2, 0.25) is 10.0 Å². The van der Waals surface area contributed by atoms with E-state index in [1.807, 2.05) is 6.07 Å². The summed E-state index contributed by atoms with van der Waals surface area (Å²) in [4.78, 5) is 22.5. The van der Waals surface area contributed by atoms with Gasteiger partial charge in [0.15, 0.2) is 12.4 Å². The number of hydrogen-bond donors (Lipinski definition) is 1. The third-order valence-corrected chi connectivity index (χ3v) is 6.95. The summed E-state index contributed by atoms with van der Waals surface area (Å²) in [5.74, 6) is -0.829. The Kier molecular flexibility index (Phi) is 6.12. The van der Waals surface area contributed by atoms with Crippen LogP contribution in [0.1, 0.15) is 18.4 Å². The number of nitro benzene ring substituents is 1. The van der Waals surface area contributed by atoms with Crippen molar-refractivity contribution >= 4 is 38.0 Å². The number of nitrogens with zero attached hydrogens (tertiary/aromatic N) is 3. The van der Waals surface area contributed by atoms with Gasteiger partial charge in [-0.2, -0.15) is 9.57 Å². The van der Waals surface area contributed by atoms with Crippen LogP contribution in [0.5, 0.6) is 5.75 Å². The first-order chi connectivity index (χ1) is 13.8. The lowest BCUT2D eigenvalue weighted by molar-refractivity contribution is -0.386. The quantitative estimate of drug-likeness (QED) is 0.518. The van der Waals surface area contributed by atoms with Gasteiger partial charge in [-0.05, 0) is 36.4 Å². The van der Waals surface area contributed by atoms with Crippen LogP contribution in [-0.4, -0.2) is 43.2 Å². The van der Waals surface area contributed by atoms with Gasteiger partial charge >= 0.3 is 5.69 Å². The molecule has 2 aromatic rings. The van der Waals surface area contributed by atoms with Crippen LogP contribution in [-0.2, 0) is 14.8 Å². The second-order valence-electron chi connectivity index (χ2n) is 6.11. The standard InChI is InChI=1S/C17H16N4O6S2/c18-10-12-5-8-28-17(12)19-16(22)11-27-15-4-3-13(9-14(15)21(23)24)29(25,26)20-6-1-2-7-20/h3-5,8-9H,1-2,6-7,11H2,(H,19,22). The molecule has 1 saturated heterocycles. The van der Waals surface area contributed by atoms with Crippen molar-refractivity contribution in [1.29, 1.82) is 5.26 Å². The van der Waals surface area contributed by atoms with E-state index < -0.39 is 33.1 Å². The fraction of sp³-hybridized carbons (Fsp3) is 0.294. The smallest absolute Gasteiger partial charge is 0.312 e. The molecule has 0 radical (unpaired) electrons. The number of amides is 1. The normalized spacial score (nSPS) is 14.3. The molecule has 1 fully saturated rings. The highest BCUT2D eigenvalue weighted by molar-refractivity contribution is 7.89. The van der Waals surface area contributed by atoms with Crippen LogP contribution in [0.3, 0.4) is 0 Å². The van der Waals surface area contributed by atoms with Gasteiger partial charge in [0.05, 0.1) is 15.4 Å². The van der Waals surface area contributed by atoms with Gasteiger partial charge < -0.3 is 10.1 Å². The van der Waals surface area contributed by atoms with E-state index in [0.717, 1.165) is 30.2 Å². The Balaban J connectivity index is 1.75. The summed E-state index contributed by atoms with van der Waals surface area (Å²) in [5.41, 5.74) is -0.252. The van der Waals surface area contributed by atoms with Gasteiger partial charge in [0.25, 0.3) is 5.91 Å². The monoisotopic (exact) mass is 436 g/mol. The number of rotatable bonds is 7. The number of nitrogens with one attached hydrogen (secondary N) is 1. The topological polar surface area (TPSA) is 143 Å². The van der Waals surface area contributed by atoms with Crippen LogP contribution in [0.2, 0.25) is 0 Å². The van der Waals surface area contributed by atoms with Gasteiger partial charge in [0, 0.05) is 19.2 Å². The van der Waals surface area contributed by atoms with Gasteiger partial charge in [-0.1, -0.05) is 0 Å². The van der Waals surface area contributed by atoms with Crippen LogP contribution < -0.4 is 10.1 Å². The molecule has 0 spiro atoms. The number of carbonyl (C=O) groups is 1. The number of nitriles is 1. The molecular formula is C17H16N4O6S2. The van der Waals surface area contributed by atoms with Gasteiger partial charge in [-0.15, -0.1) is 11.3 Å². The number of nitro groups is 1. The number of carbonyl (C=O) groups excluding carboxylic acids is 1. The van der Waals surface area contributed by atoms with Gasteiger partial charge in [0.1, 0.15) is 11.1 Å². The molecule has 0 saturated carbocycles. The molecular weight excluding hydrogens is 420 g/mol. The maximum Gasteiger partial charge on any atom is 0.312 e. The van der Waals surface area contributed by atoms with Crippen molar-refractivity contribution in [2.75, 3.05) is 25.0 Å². The maximum atomic E-state index is 12.6. The van der Waals surface area contributed by atoms with Crippen LogP contribution in [0.15, 0.2) is 34.5 Å². The van der Waals surface area contributed by atoms with Gasteiger partial charge in [-0.25, -0.2) is 8.42 Å². The lowest BCUT2D eigenvalue weighted by Gasteiger charge is -2.15. The zero-order chi connectivity index (χ0) is 21.0. The van der Waals surface area contributed by atoms with E-state index in [4.69, 9.17) is 10.00 Å². The minimum atomic E-state index is -3.82. The molecule has 10 nitrogen and oxygen atoms in total. The minimum absolute atomic E-state index is 0.194. The van der Waals surface area contributed by atoms with Crippen molar-refractivity contribution in [3.05, 3.63) is 45.3 Å². The largest absolute Gasteiger partial charge is 0.477 e. The van der Waals surface area contributed by atoms with Crippen LogP contribution >= 0.6 is 11.3 Å².